The van der Waals surface area contributed by atoms with Gasteiger partial charge in [-0.3, -0.25) is 0 Å². The van der Waals surface area contributed by atoms with Gasteiger partial charge in [0.15, 0.2) is 0 Å². The smallest absolute Gasteiger partial charge is 0.274 e. The van der Waals surface area contributed by atoms with Crippen molar-refractivity contribution in [3.63, 3.8) is 0 Å². The molecule has 3 aromatic rings. The van der Waals surface area contributed by atoms with E-state index in [-0.39, 0.29) is 18.8 Å². The molecule has 2 aromatic heterocycles. The zero-order chi connectivity index (χ0) is 27.2. The van der Waals surface area contributed by atoms with Crippen molar-refractivity contribution in [3.05, 3.63) is 47.8 Å². The number of anilines is 1. The fourth-order valence-electron chi connectivity index (χ4n) is 5.12. The summed E-state index contributed by atoms with van der Waals surface area (Å²) in [6, 6.07) is 6.20. The molecule has 1 saturated heterocycles. The van der Waals surface area contributed by atoms with E-state index in [1.807, 2.05) is 24.5 Å². The van der Waals surface area contributed by atoms with Gasteiger partial charge >= 0.3 is 0 Å². The highest BCUT2D eigenvalue weighted by Crippen LogP contribution is 2.33. The zero-order valence-electron chi connectivity index (χ0n) is 22.5. The maximum absolute atomic E-state index is 12.4. The van der Waals surface area contributed by atoms with E-state index in [1.54, 1.807) is 11.3 Å². The molecule has 0 radical (unpaired) electrons. The Balaban J connectivity index is 1.13. The van der Waals surface area contributed by atoms with Crippen molar-refractivity contribution in [1.29, 1.82) is 0 Å². The van der Waals surface area contributed by atoms with Crippen LogP contribution < -0.4 is 9.64 Å². The standard InChI is InChI=1S/C28H37N5O4S2/c1-2-4-22-18-29-27(30-19-22)32-11-7-21(8-12-32)20-37-28-31-25-6-5-24(17-26(25)38-28)23-9-13-33(14-10-23)39(35,36)16-3-15-34/h5-6,9,17-19,21,34H,2-4,7-8,10-16,20H2,1H3. The number of aliphatic hydroxyl groups is 1. The highest BCUT2D eigenvalue weighted by molar-refractivity contribution is 7.89. The van der Waals surface area contributed by atoms with E-state index in [1.165, 1.54) is 9.87 Å². The van der Waals surface area contributed by atoms with Gasteiger partial charge in [-0.1, -0.05) is 36.8 Å². The number of piperidine rings is 1. The molecule has 1 fully saturated rings. The number of nitrogens with zero attached hydrogens (tertiary/aromatic N) is 5. The number of benzene rings is 1. The number of ether oxygens (including phenoxy) is 1. The number of aromatic nitrogens is 3. The lowest BCUT2D eigenvalue weighted by molar-refractivity contribution is 0.222. The maximum atomic E-state index is 12.4. The molecule has 2 aliphatic heterocycles. The summed E-state index contributed by atoms with van der Waals surface area (Å²) in [5.41, 5.74) is 4.36. The predicted molar refractivity (Wildman–Crippen MR) is 156 cm³/mol. The lowest BCUT2D eigenvalue weighted by Gasteiger charge is -2.31. The molecule has 9 nitrogen and oxygen atoms in total. The van der Waals surface area contributed by atoms with E-state index in [4.69, 9.17) is 9.84 Å². The second kappa shape index (κ2) is 12.7. The summed E-state index contributed by atoms with van der Waals surface area (Å²) in [4.78, 5) is 16.1. The fourth-order valence-corrected chi connectivity index (χ4v) is 7.41. The second-order valence-electron chi connectivity index (χ2n) is 10.3. The lowest BCUT2D eigenvalue weighted by Crippen LogP contribution is -2.36. The summed E-state index contributed by atoms with van der Waals surface area (Å²) >= 11 is 1.56. The number of aryl methyl sites for hydroxylation is 1. The first kappa shape index (κ1) is 27.9. The van der Waals surface area contributed by atoms with Crippen LogP contribution in [0.1, 0.15) is 50.2 Å². The van der Waals surface area contributed by atoms with Crippen LogP contribution in [0.3, 0.4) is 0 Å². The third kappa shape index (κ3) is 6.95. The third-order valence-electron chi connectivity index (χ3n) is 7.44. The Morgan fingerprint density at radius 2 is 1.95 bits per heavy atom. The van der Waals surface area contributed by atoms with Gasteiger partial charge in [-0.15, -0.1) is 0 Å². The molecule has 1 aromatic carbocycles. The molecule has 210 valence electrons. The molecule has 2 aliphatic rings. The Morgan fingerprint density at radius 1 is 1.15 bits per heavy atom. The number of aliphatic hydroxyl groups excluding tert-OH is 1. The van der Waals surface area contributed by atoms with Gasteiger partial charge in [0.1, 0.15) is 0 Å². The topological polar surface area (TPSA) is 109 Å². The summed E-state index contributed by atoms with van der Waals surface area (Å²) in [5.74, 6) is 1.29. The predicted octanol–water partition coefficient (Wildman–Crippen LogP) is 4.14. The van der Waals surface area contributed by atoms with Crippen molar-refractivity contribution in [2.45, 2.75) is 45.4 Å². The fraction of sp³-hybridized carbons (Fsp3) is 0.536. The second-order valence-corrected chi connectivity index (χ2v) is 13.4. The van der Waals surface area contributed by atoms with Gasteiger partial charge in [-0.2, -0.15) is 4.31 Å². The molecular formula is C28H37N5O4S2. The molecule has 11 heteroatoms. The zero-order valence-corrected chi connectivity index (χ0v) is 24.1. The summed E-state index contributed by atoms with van der Waals surface area (Å²) in [7, 11) is -3.32. The minimum atomic E-state index is -3.32. The van der Waals surface area contributed by atoms with Crippen molar-refractivity contribution in [2.75, 3.05) is 50.0 Å². The normalized spacial score (nSPS) is 17.5. The lowest BCUT2D eigenvalue weighted by atomic mass is 9.98. The Bertz CT molecular complexity index is 1380. The van der Waals surface area contributed by atoms with Crippen molar-refractivity contribution in [2.24, 2.45) is 5.92 Å². The largest absolute Gasteiger partial charge is 0.470 e. The first-order chi connectivity index (χ1) is 18.9. The molecule has 0 atom stereocenters. The van der Waals surface area contributed by atoms with Crippen molar-refractivity contribution in [1.82, 2.24) is 19.3 Å². The van der Waals surface area contributed by atoms with Gasteiger partial charge in [0.2, 0.25) is 16.0 Å². The highest BCUT2D eigenvalue weighted by atomic mass is 32.2. The third-order valence-corrected chi connectivity index (χ3v) is 10.3. The van der Waals surface area contributed by atoms with Gasteiger partial charge in [0.25, 0.3) is 5.19 Å². The van der Waals surface area contributed by atoms with Crippen LogP contribution >= 0.6 is 11.3 Å². The van der Waals surface area contributed by atoms with Crippen molar-refractivity contribution in [3.8, 4) is 5.19 Å². The maximum Gasteiger partial charge on any atom is 0.274 e. The monoisotopic (exact) mass is 571 g/mol. The molecule has 0 bridgehead atoms. The van der Waals surface area contributed by atoms with Crippen LogP contribution in [0.5, 0.6) is 5.19 Å². The van der Waals surface area contributed by atoms with Crippen LogP contribution in [0, 0.1) is 5.92 Å². The molecule has 39 heavy (non-hydrogen) atoms. The van der Waals surface area contributed by atoms with Gasteiger partial charge in [-0.25, -0.2) is 23.4 Å². The van der Waals surface area contributed by atoms with Gasteiger partial charge < -0.3 is 14.7 Å². The molecule has 4 heterocycles. The first-order valence-corrected chi connectivity index (χ1v) is 16.2. The summed E-state index contributed by atoms with van der Waals surface area (Å²) in [6.07, 6.45) is 11.0. The Morgan fingerprint density at radius 3 is 2.64 bits per heavy atom. The van der Waals surface area contributed by atoms with E-state index in [0.717, 1.165) is 66.1 Å². The van der Waals surface area contributed by atoms with Crippen LogP contribution in [-0.4, -0.2) is 77.9 Å². The number of rotatable bonds is 11. The van der Waals surface area contributed by atoms with Crippen LogP contribution in [0.15, 0.2) is 36.7 Å². The molecule has 0 saturated carbocycles. The van der Waals surface area contributed by atoms with Crippen LogP contribution in [0.2, 0.25) is 0 Å². The van der Waals surface area contributed by atoms with Crippen LogP contribution in [-0.2, 0) is 16.4 Å². The summed E-state index contributed by atoms with van der Waals surface area (Å²) < 4.78 is 33.5. The molecule has 0 aliphatic carbocycles. The minimum absolute atomic E-state index is 0.0112. The molecule has 5 rings (SSSR count). The Labute approximate surface area is 234 Å². The van der Waals surface area contributed by atoms with Crippen LogP contribution in [0.4, 0.5) is 5.95 Å². The van der Waals surface area contributed by atoms with E-state index >= 15 is 0 Å². The Hall–Kier alpha value is -2.60. The SMILES string of the molecule is CCCc1cnc(N2CCC(COc3nc4ccc(C5=CCN(S(=O)(=O)CCCO)CC5)cc4s3)CC2)nc1. The molecule has 0 spiro atoms. The average molecular weight is 572 g/mol. The molecule has 0 amide bonds. The minimum Gasteiger partial charge on any atom is -0.470 e. The summed E-state index contributed by atoms with van der Waals surface area (Å²) in [6.45, 7) is 5.40. The van der Waals surface area contributed by atoms with Gasteiger partial charge in [-0.05, 0) is 66.9 Å². The van der Waals surface area contributed by atoms with Crippen LogP contribution in [0.25, 0.3) is 15.8 Å². The molecule has 0 unspecified atom stereocenters. The molecule has 1 N–H and O–H groups in total. The van der Waals surface area contributed by atoms with Crippen molar-refractivity contribution >= 4 is 43.1 Å². The highest BCUT2D eigenvalue weighted by Gasteiger charge is 2.25. The molecular weight excluding hydrogens is 534 g/mol. The number of sulfonamides is 1. The number of hydrogen-bond acceptors (Lipinski definition) is 9. The first-order valence-electron chi connectivity index (χ1n) is 13.8. The Kier molecular flexibility index (Phi) is 9.11. The van der Waals surface area contributed by atoms with E-state index in [0.29, 0.717) is 37.2 Å². The average Bonchev–Trinajstić information content (AvgIpc) is 3.38. The quantitative estimate of drug-likeness (QED) is 0.366. The number of thiazole rings is 1. The summed E-state index contributed by atoms with van der Waals surface area (Å²) in [5, 5.41) is 9.65. The number of hydrogen-bond donors (Lipinski definition) is 1. The van der Waals surface area contributed by atoms with E-state index < -0.39 is 10.0 Å². The van der Waals surface area contributed by atoms with Gasteiger partial charge in [0, 0.05) is 45.2 Å². The number of fused-ring (bicyclic) bond motifs is 1. The van der Waals surface area contributed by atoms with E-state index in [2.05, 4.69) is 38.9 Å². The van der Waals surface area contributed by atoms with Crippen molar-refractivity contribution < 1.29 is 18.3 Å². The van der Waals surface area contributed by atoms with E-state index in [9.17, 15) is 8.42 Å². The van der Waals surface area contributed by atoms with Gasteiger partial charge in [0.05, 0.1) is 22.6 Å².